The molecule has 0 fully saturated rings. The van der Waals surface area contributed by atoms with Crippen molar-refractivity contribution in [2.45, 2.75) is 13.5 Å². The molecule has 5 nitrogen and oxygen atoms in total. The van der Waals surface area contributed by atoms with Crippen LogP contribution < -0.4 is 10.5 Å². The van der Waals surface area contributed by atoms with Crippen LogP contribution in [0.25, 0.3) is 11.5 Å². The molecule has 0 aliphatic heterocycles. The predicted molar refractivity (Wildman–Crippen MR) is 79.7 cm³/mol. The van der Waals surface area contributed by atoms with E-state index in [1.807, 2.05) is 55.5 Å². The van der Waals surface area contributed by atoms with Gasteiger partial charge in [-0.3, -0.25) is 0 Å². The Hall–Kier alpha value is -2.82. The van der Waals surface area contributed by atoms with Crippen LogP contribution in [0.1, 0.15) is 11.4 Å². The number of nitrogens with zero attached hydrogens (tertiary/aromatic N) is 2. The average Bonchev–Trinajstić information content (AvgIpc) is 2.95. The van der Waals surface area contributed by atoms with Gasteiger partial charge in [-0.25, -0.2) is 0 Å². The summed E-state index contributed by atoms with van der Waals surface area (Å²) >= 11 is 0. The summed E-state index contributed by atoms with van der Waals surface area (Å²) in [6, 6.07) is 15.2. The largest absolute Gasteiger partial charge is 0.485 e. The number of hydrogen-bond donors (Lipinski definition) is 1. The second-order valence-electron chi connectivity index (χ2n) is 4.66. The van der Waals surface area contributed by atoms with Gasteiger partial charge in [-0.1, -0.05) is 35.5 Å². The maximum atomic E-state index is 5.97. The number of anilines is 1. The first-order valence-corrected chi connectivity index (χ1v) is 6.60. The predicted octanol–water partition coefficient (Wildman–Crippen LogP) is 3.21. The molecule has 106 valence electrons. The molecule has 0 unspecified atom stereocenters. The van der Waals surface area contributed by atoms with Crippen LogP contribution in [0.5, 0.6) is 5.75 Å². The van der Waals surface area contributed by atoms with Crippen molar-refractivity contribution in [3.05, 3.63) is 59.9 Å². The summed E-state index contributed by atoms with van der Waals surface area (Å²) in [6.07, 6.45) is 0. The molecule has 0 atom stereocenters. The molecule has 0 aliphatic carbocycles. The minimum atomic E-state index is 0.249. The number of aromatic nitrogens is 2. The Labute approximate surface area is 122 Å². The summed E-state index contributed by atoms with van der Waals surface area (Å²) in [6.45, 7) is 2.20. The Morgan fingerprint density at radius 3 is 2.67 bits per heavy atom. The summed E-state index contributed by atoms with van der Waals surface area (Å²) in [5.41, 5.74) is 8.36. The lowest BCUT2D eigenvalue weighted by Gasteiger charge is -2.03. The van der Waals surface area contributed by atoms with Crippen molar-refractivity contribution in [2.75, 3.05) is 5.73 Å². The fraction of sp³-hybridized carbons (Fsp3) is 0.125. The van der Waals surface area contributed by atoms with Crippen LogP contribution in [0.2, 0.25) is 0 Å². The van der Waals surface area contributed by atoms with Gasteiger partial charge in [0, 0.05) is 5.69 Å². The van der Waals surface area contributed by atoms with Crippen molar-refractivity contribution in [2.24, 2.45) is 0 Å². The van der Waals surface area contributed by atoms with E-state index in [0.29, 0.717) is 17.4 Å². The number of nitrogens with two attached hydrogens (primary N) is 1. The van der Waals surface area contributed by atoms with Gasteiger partial charge in [-0.2, -0.15) is 4.98 Å². The van der Waals surface area contributed by atoms with Gasteiger partial charge in [0.1, 0.15) is 5.75 Å². The third kappa shape index (κ3) is 2.86. The van der Waals surface area contributed by atoms with E-state index in [1.165, 1.54) is 0 Å². The molecule has 3 rings (SSSR count). The molecule has 21 heavy (non-hydrogen) atoms. The zero-order valence-corrected chi connectivity index (χ0v) is 11.6. The van der Waals surface area contributed by atoms with E-state index in [-0.39, 0.29) is 6.61 Å². The summed E-state index contributed by atoms with van der Waals surface area (Å²) < 4.78 is 10.9. The Balaban J connectivity index is 1.78. The number of benzene rings is 2. The van der Waals surface area contributed by atoms with Crippen molar-refractivity contribution in [3.8, 4) is 17.2 Å². The van der Waals surface area contributed by atoms with Crippen LogP contribution in [-0.2, 0) is 6.61 Å². The number of rotatable bonds is 4. The van der Waals surface area contributed by atoms with E-state index in [1.54, 1.807) is 0 Å². The second kappa shape index (κ2) is 5.66. The summed E-state index contributed by atoms with van der Waals surface area (Å²) in [4.78, 5) is 4.33. The van der Waals surface area contributed by atoms with E-state index >= 15 is 0 Å². The van der Waals surface area contributed by atoms with Crippen LogP contribution in [0, 0.1) is 6.92 Å². The molecule has 0 spiro atoms. The number of hydrogen-bond acceptors (Lipinski definition) is 5. The van der Waals surface area contributed by atoms with Gasteiger partial charge >= 0.3 is 0 Å². The van der Waals surface area contributed by atoms with Crippen molar-refractivity contribution in [3.63, 3.8) is 0 Å². The van der Waals surface area contributed by atoms with Crippen LogP contribution >= 0.6 is 0 Å². The molecule has 5 heteroatoms. The molecule has 2 N–H and O–H groups in total. The van der Waals surface area contributed by atoms with Gasteiger partial charge in [0.15, 0.2) is 6.61 Å². The summed E-state index contributed by atoms with van der Waals surface area (Å²) in [5, 5.41) is 3.92. The van der Waals surface area contributed by atoms with Crippen LogP contribution in [-0.4, -0.2) is 10.1 Å². The van der Waals surface area contributed by atoms with E-state index in [9.17, 15) is 0 Å². The Kier molecular flexibility index (Phi) is 3.55. The molecule has 0 bridgehead atoms. The number of nitrogen functional groups attached to an aromatic ring is 1. The standard InChI is InChI=1S/C16H15N3O2/c1-11-6-5-9-13(17)15(11)16-18-14(19-21-16)10-20-12-7-3-2-4-8-12/h2-9H,10,17H2,1H3. The molecule has 1 heterocycles. The second-order valence-corrected chi connectivity index (χ2v) is 4.66. The zero-order chi connectivity index (χ0) is 14.7. The molecule has 0 amide bonds. The average molecular weight is 281 g/mol. The summed E-state index contributed by atoms with van der Waals surface area (Å²) in [7, 11) is 0. The molecule has 2 aromatic carbocycles. The zero-order valence-electron chi connectivity index (χ0n) is 11.6. The van der Waals surface area contributed by atoms with Crippen molar-refractivity contribution in [1.29, 1.82) is 0 Å². The lowest BCUT2D eigenvalue weighted by Crippen LogP contribution is -1.97. The first-order valence-electron chi connectivity index (χ1n) is 6.60. The van der Waals surface area contributed by atoms with E-state index < -0.39 is 0 Å². The normalized spacial score (nSPS) is 10.5. The number of ether oxygens (including phenoxy) is 1. The van der Waals surface area contributed by atoms with Crippen molar-refractivity contribution in [1.82, 2.24) is 10.1 Å². The third-order valence-electron chi connectivity index (χ3n) is 3.10. The highest BCUT2D eigenvalue weighted by molar-refractivity contribution is 5.73. The molecule has 1 aromatic heterocycles. The van der Waals surface area contributed by atoms with Crippen molar-refractivity contribution < 1.29 is 9.26 Å². The fourth-order valence-electron chi connectivity index (χ4n) is 2.06. The van der Waals surface area contributed by atoms with Gasteiger partial charge < -0.3 is 15.0 Å². The van der Waals surface area contributed by atoms with E-state index in [2.05, 4.69) is 10.1 Å². The molecule has 0 radical (unpaired) electrons. The van der Waals surface area contributed by atoms with Gasteiger partial charge in [0.2, 0.25) is 5.82 Å². The quantitative estimate of drug-likeness (QED) is 0.743. The minimum Gasteiger partial charge on any atom is -0.485 e. The molecule has 0 saturated heterocycles. The highest BCUT2D eigenvalue weighted by Crippen LogP contribution is 2.27. The molecular weight excluding hydrogens is 266 g/mol. The SMILES string of the molecule is Cc1cccc(N)c1-c1nc(COc2ccccc2)no1. The first kappa shape index (κ1) is 13.2. The first-order chi connectivity index (χ1) is 10.2. The minimum absolute atomic E-state index is 0.249. The maximum absolute atomic E-state index is 5.97. The summed E-state index contributed by atoms with van der Waals surface area (Å²) in [5.74, 6) is 1.66. The molecule has 3 aromatic rings. The highest BCUT2D eigenvalue weighted by Gasteiger charge is 2.14. The Bertz CT molecular complexity index is 718. The topological polar surface area (TPSA) is 74.2 Å². The molecule has 0 saturated carbocycles. The number of para-hydroxylation sites is 1. The molecule has 0 aliphatic rings. The third-order valence-corrected chi connectivity index (χ3v) is 3.10. The van der Waals surface area contributed by atoms with Gasteiger partial charge in [-0.15, -0.1) is 0 Å². The Morgan fingerprint density at radius 1 is 1.10 bits per heavy atom. The maximum Gasteiger partial charge on any atom is 0.260 e. The van der Waals surface area contributed by atoms with Crippen LogP contribution in [0.4, 0.5) is 5.69 Å². The Morgan fingerprint density at radius 2 is 1.90 bits per heavy atom. The lowest BCUT2D eigenvalue weighted by molar-refractivity contribution is 0.287. The monoisotopic (exact) mass is 281 g/mol. The fourth-order valence-corrected chi connectivity index (χ4v) is 2.06. The molecular formula is C16H15N3O2. The van der Waals surface area contributed by atoms with Gasteiger partial charge in [-0.05, 0) is 30.7 Å². The van der Waals surface area contributed by atoms with Gasteiger partial charge in [0.05, 0.1) is 5.56 Å². The highest BCUT2D eigenvalue weighted by atomic mass is 16.5. The smallest absolute Gasteiger partial charge is 0.260 e. The van der Waals surface area contributed by atoms with E-state index in [0.717, 1.165) is 16.9 Å². The lowest BCUT2D eigenvalue weighted by atomic mass is 10.1. The van der Waals surface area contributed by atoms with Crippen molar-refractivity contribution >= 4 is 5.69 Å². The van der Waals surface area contributed by atoms with E-state index in [4.69, 9.17) is 15.0 Å². The number of aryl methyl sites for hydroxylation is 1. The van der Waals surface area contributed by atoms with Crippen LogP contribution in [0.15, 0.2) is 53.1 Å². The van der Waals surface area contributed by atoms with Gasteiger partial charge in [0.25, 0.3) is 5.89 Å². The van der Waals surface area contributed by atoms with Crippen LogP contribution in [0.3, 0.4) is 0 Å².